The predicted molar refractivity (Wildman–Crippen MR) is 87.6 cm³/mol. The molecule has 2 saturated heterocycles. The molecule has 2 aliphatic rings. The van der Waals surface area contributed by atoms with Crippen molar-refractivity contribution in [3.8, 4) is 0 Å². The molecule has 0 bridgehead atoms. The van der Waals surface area contributed by atoms with Crippen molar-refractivity contribution in [3.63, 3.8) is 0 Å². The van der Waals surface area contributed by atoms with Crippen molar-refractivity contribution in [2.75, 3.05) is 38.1 Å². The highest BCUT2D eigenvalue weighted by atomic mass is 127. The van der Waals surface area contributed by atoms with Gasteiger partial charge in [0.15, 0.2) is 0 Å². The van der Waals surface area contributed by atoms with Crippen LogP contribution in [0.4, 0.5) is 5.82 Å². The Morgan fingerprint density at radius 1 is 1.05 bits per heavy atom. The van der Waals surface area contributed by atoms with E-state index in [9.17, 15) is 0 Å². The molecule has 1 aromatic heterocycles. The highest BCUT2D eigenvalue weighted by molar-refractivity contribution is 14.1. The zero-order valence-corrected chi connectivity index (χ0v) is 13.8. The Balaban J connectivity index is 1.61. The molecule has 0 amide bonds. The summed E-state index contributed by atoms with van der Waals surface area (Å²) >= 11 is 2.31. The van der Waals surface area contributed by atoms with E-state index in [4.69, 9.17) is 0 Å². The molecule has 1 aromatic rings. The van der Waals surface area contributed by atoms with Crippen LogP contribution in [0.15, 0.2) is 18.3 Å². The molecule has 3 rings (SSSR count). The number of nitrogens with zero attached hydrogens (tertiary/aromatic N) is 3. The van der Waals surface area contributed by atoms with Crippen molar-refractivity contribution < 1.29 is 0 Å². The zero-order valence-electron chi connectivity index (χ0n) is 11.6. The van der Waals surface area contributed by atoms with Crippen molar-refractivity contribution in [2.45, 2.75) is 25.7 Å². The minimum absolute atomic E-state index is 0.631. The third-order valence-corrected chi connectivity index (χ3v) is 5.55. The van der Waals surface area contributed by atoms with Crippen molar-refractivity contribution in [2.24, 2.45) is 5.41 Å². The lowest BCUT2D eigenvalue weighted by Gasteiger charge is -2.46. The summed E-state index contributed by atoms with van der Waals surface area (Å²) in [5.41, 5.74) is 0.631. The monoisotopic (exact) mass is 371 g/mol. The Labute approximate surface area is 129 Å². The van der Waals surface area contributed by atoms with Gasteiger partial charge in [-0.15, -0.1) is 0 Å². The Kier molecular flexibility index (Phi) is 3.98. The summed E-state index contributed by atoms with van der Waals surface area (Å²) in [6.07, 6.45) is 7.42. The number of hydrogen-bond donors (Lipinski definition) is 0. The van der Waals surface area contributed by atoms with Crippen LogP contribution in [0.3, 0.4) is 0 Å². The second-order valence-corrected chi connectivity index (χ2v) is 7.37. The maximum Gasteiger partial charge on any atom is 0.128 e. The van der Waals surface area contributed by atoms with Crippen LogP contribution in [0, 0.1) is 8.99 Å². The summed E-state index contributed by atoms with van der Waals surface area (Å²) in [4.78, 5) is 9.49. The quantitative estimate of drug-likeness (QED) is 0.708. The number of aromatic nitrogens is 1. The van der Waals surface area contributed by atoms with E-state index in [1.54, 1.807) is 0 Å². The summed E-state index contributed by atoms with van der Waals surface area (Å²) in [7, 11) is 2.25. The Morgan fingerprint density at radius 3 is 2.26 bits per heavy atom. The molecule has 4 heteroatoms. The van der Waals surface area contributed by atoms with Gasteiger partial charge in [-0.1, -0.05) is 0 Å². The zero-order chi connectivity index (χ0) is 13.3. The van der Waals surface area contributed by atoms with Gasteiger partial charge in [-0.25, -0.2) is 4.98 Å². The van der Waals surface area contributed by atoms with Crippen LogP contribution < -0.4 is 4.90 Å². The lowest BCUT2D eigenvalue weighted by Crippen LogP contribution is -2.46. The van der Waals surface area contributed by atoms with Crippen LogP contribution in [-0.4, -0.2) is 43.1 Å². The average molecular weight is 371 g/mol. The molecule has 0 saturated carbocycles. The Hall–Kier alpha value is -0.360. The first-order chi connectivity index (χ1) is 9.17. The smallest absolute Gasteiger partial charge is 0.128 e. The molecule has 3 heterocycles. The van der Waals surface area contributed by atoms with Gasteiger partial charge >= 0.3 is 0 Å². The van der Waals surface area contributed by atoms with Gasteiger partial charge in [0.1, 0.15) is 5.82 Å². The highest BCUT2D eigenvalue weighted by Gasteiger charge is 2.36. The molecule has 19 heavy (non-hydrogen) atoms. The first-order valence-electron chi connectivity index (χ1n) is 7.22. The van der Waals surface area contributed by atoms with Gasteiger partial charge in [0, 0.05) is 22.9 Å². The van der Waals surface area contributed by atoms with Gasteiger partial charge < -0.3 is 9.80 Å². The van der Waals surface area contributed by atoms with Gasteiger partial charge in [-0.2, -0.15) is 0 Å². The fraction of sp³-hybridized carbons (Fsp3) is 0.667. The van der Waals surface area contributed by atoms with E-state index in [1.807, 2.05) is 6.20 Å². The van der Waals surface area contributed by atoms with Crippen LogP contribution >= 0.6 is 22.6 Å². The van der Waals surface area contributed by atoms with E-state index in [0.717, 1.165) is 5.82 Å². The standard InChI is InChI=1S/C15H22IN3/c1-18-8-4-15(5-9-18)6-10-19(11-7-15)14-3-2-13(16)12-17-14/h2-3,12H,4-11H2,1H3. The summed E-state index contributed by atoms with van der Waals surface area (Å²) in [6.45, 7) is 4.91. The van der Waals surface area contributed by atoms with Crippen molar-refractivity contribution in [3.05, 3.63) is 21.9 Å². The predicted octanol–water partition coefficient (Wildman–Crippen LogP) is 3.00. The molecule has 0 radical (unpaired) electrons. The summed E-state index contributed by atoms with van der Waals surface area (Å²) < 4.78 is 1.21. The van der Waals surface area contributed by atoms with Gasteiger partial charge in [0.05, 0.1) is 0 Å². The molecule has 0 aromatic carbocycles. The SMILES string of the molecule is CN1CCC2(CC1)CCN(c1ccc(I)cn1)CC2. The average Bonchev–Trinajstić information content (AvgIpc) is 2.44. The minimum Gasteiger partial charge on any atom is -0.357 e. The molecule has 2 fully saturated rings. The van der Waals surface area contributed by atoms with Gasteiger partial charge in [-0.05, 0) is 86.0 Å². The van der Waals surface area contributed by atoms with Gasteiger partial charge in [0.25, 0.3) is 0 Å². The van der Waals surface area contributed by atoms with Gasteiger partial charge in [0.2, 0.25) is 0 Å². The first kappa shape index (κ1) is 13.6. The van der Waals surface area contributed by atoms with Gasteiger partial charge in [-0.3, -0.25) is 0 Å². The third-order valence-electron chi connectivity index (χ3n) is 4.91. The van der Waals surface area contributed by atoms with Crippen molar-refractivity contribution in [1.82, 2.24) is 9.88 Å². The molecule has 104 valence electrons. The molecule has 0 N–H and O–H groups in total. The summed E-state index contributed by atoms with van der Waals surface area (Å²) in [5.74, 6) is 1.16. The minimum atomic E-state index is 0.631. The molecular formula is C15H22IN3. The van der Waals surface area contributed by atoms with Crippen LogP contribution in [0.1, 0.15) is 25.7 Å². The Morgan fingerprint density at radius 2 is 1.68 bits per heavy atom. The van der Waals surface area contributed by atoms with E-state index in [2.05, 4.69) is 56.6 Å². The lowest BCUT2D eigenvalue weighted by molar-refractivity contribution is 0.0943. The number of hydrogen-bond acceptors (Lipinski definition) is 3. The molecular weight excluding hydrogens is 349 g/mol. The Bertz CT molecular complexity index is 414. The number of likely N-dealkylation sites (tertiary alicyclic amines) is 1. The third kappa shape index (κ3) is 3.05. The largest absolute Gasteiger partial charge is 0.357 e. The van der Waals surface area contributed by atoms with E-state index in [-0.39, 0.29) is 0 Å². The van der Waals surface area contributed by atoms with Crippen molar-refractivity contribution in [1.29, 1.82) is 0 Å². The molecule has 0 atom stereocenters. The van der Waals surface area contributed by atoms with Crippen LogP contribution in [0.5, 0.6) is 0 Å². The summed E-state index contributed by atoms with van der Waals surface area (Å²) in [6, 6.07) is 4.32. The van der Waals surface area contributed by atoms with E-state index >= 15 is 0 Å². The molecule has 0 unspecified atom stereocenters. The summed E-state index contributed by atoms with van der Waals surface area (Å²) in [5, 5.41) is 0. The number of rotatable bonds is 1. The van der Waals surface area contributed by atoms with Crippen LogP contribution in [-0.2, 0) is 0 Å². The fourth-order valence-corrected chi connectivity index (χ4v) is 3.68. The van der Waals surface area contributed by atoms with E-state index in [1.165, 1.54) is 55.4 Å². The maximum absolute atomic E-state index is 4.56. The van der Waals surface area contributed by atoms with Crippen molar-refractivity contribution >= 4 is 28.4 Å². The molecule has 0 aliphatic carbocycles. The van der Waals surface area contributed by atoms with Crippen LogP contribution in [0.25, 0.3) is 0 Å². The van der Waals surface area contributed by atoms with E-state index < -0.39 is 0 Å². The normalized spacial score (nSPS) is 23.8. The first-order valence-corrected chi connectivity index (χ1v) is 8.30. The molecule has 2 aliphatic heterocycles. The second-order valence-electron chi connectivity index (χ2n) is 6.12. The number of halogens is 1. The number of piperidine rings is 2. The lowest BCUT2D eigenvalue weighted by atomic mass is 9.71. The molecule has 1 spiro atoms. The second kappa shape index (κ2) is 5.56. The fourth-order valence-electron chi connectivity index (χ4n) is 3.36. The maximum atomic E-state index is 4.56. The molecule has 3 nitrogen and oxygen atoms in total. The topological polar surface area (TPSA) is 19.4 Å². The number of anilines is 1. The number of pyridine rings is 1. The van der Waals surface area contributed by atoms with E-state index in [0.29, 0.717) is 5.41 Å². The highest BCUT2D eigenvalue weighted by Crippen LogP contribution is 2.41. The van der Waals surface area contributed by atoms with Crippen LogP contribution in [0.2, 0.25) is 0 Å².